The molecule has 0 fully saturated rings. The Morgan fingerprint density at radius 1 is 1.00 bits per heavy atom. The number of carbonyl (C=O) groups excluding carboxylic acids is 4. The van der Waals surface area contributed by atoms with Crippen LogP contribution in [0, 0.1) is 15.4 Å². The molecule has 0 aliphatic carbocycles. The Hall–Kier alpha value is -2.41. The highest BCUT2D eigenvalue weighted by Crippen LogP contribution is 2.38. The van der Waals surface area contributed by atoms with Crippen LogP contribution in [-0.2, 0) is 30.3 Å². The molecule has 2 rings (SSSR count). The Morgan fingerprint density at radius 2 is 1.60 bits per heavy atom. The summed E-state index contributed by atoms with van der Waals surface area (Å²) >= 11 is 2.24. The molecule has 0 saturated carbocycles. The van der Waals surface area contributed by atoms with Gasteiger partial charge in [-0.3, -0.25) is 14.4 Å². The van der Waals surface area contributed by atoms with Crippen molar-refractivity contribution >= 4 is 54.6 Å². The molecular formula is C34H54IN3O6Si. The summed E-state index contributed by atoms with van der Waals surface area (Å²) in [6, 6.07) is 3.06. The van der Waals surface area contributed by atoms with Gasteiger partial charge in [-0.2, -0.15) is 0 Å². The van der Waals surface area contributed by atoms with E-state index in [4.69, 9.17) is 9.16 Å². The topological polar surface area (TPSA) is 114 Å². The van der Waals surface area contributed by atoms with Crippen LogP contribution in [-0.4, -0.2) is 68.2 Å². The summed E-state index contributed by atoms with van der Waals surface area (Å²) in [5.41, 5.74) is 1.88. The summed E-state index contributed by atoms with van der Waals surface area (Å²) in [6.45, 7) is 21.8. The molecule has 9 nitrogen and oxygen atoms in total. The normalized spacial score (nSPS) is 28.2. The standard InChI is InChI=1S/C34H54IN3O6Si/c1-20-15-21(2)17-23(4)43-33(42)25(6)37-31(40)28(38(10)32(41)24(5)36-30(39)22(3)16-20)19-26-13-14-29(27(35)18-26)44-45(11,12)34(7,8)9/h13-15,18,21-25,28H,16-17,19H2,1-12H3,(H,36,39)(H,37,40)/b20-15+/t21-,22-,23-,24-,25-,28+/m0/s1. The second kappa shape index (κ2) is 15.9. The van der Waals surface area contributed by atoms with E-state index in [1.807, 2.05) is 45.9 Å². The smallest absolute Gasteiger partial charge is 0.328 e. The number of cyclic esters (lactones) is 1. The van der Waals surface area contributed by atoms with E-state index in [1.165, 1.54) is 4.90 Å². The summed E-state index contributed by atoms with van der Waals surface area (Å²) in [4.78, 5) is 54.7. The fourth-order valence-electron chi connectivity index (χ4n) is 5.13. The maximum absolute atomic E-state index is 13.7. The van der Waals surface area contributed by atoms with Crippen molar-refractivity contribution < 1.29 is 28.3 Å². The van der Waals surface area contributed by atoms with Gasteiger partial charge in [-0.05, 0) is 105 Å². The van der Waals surface area contributed by atoms with E-state index < -0.39 is 44.2 Å². The van der Waals surface area contributed by atoms with Gasteiger partial charge in [-0.15, -0.1) is 0 Å². The SMILES string of the molecule is C/C1=C\[C@H](C)C[C@H](C)OC(=O)[C@H](C)NC(=O)[C@@H](Cc2ccc(O[Si](C)(C)C(C)(C)C)c(I)c2)N(C)C(=O)[C@H](C)NC(=O)[C@@H](C)C1. The van der Waals surface area contributed by atoms with Gasteiger partial charge in [0.25, 0.3) is 8.32 Å². The molecule has 252 valence electrons. The maximum Gasteiger partial charge on any atom is 0.328 e. The van der Waals surface area contributed by atoms with Gasteiger partial charge in [-0.1, -0.05) is 52.3 Å². The molecule has 6 atom stereocenters. The molecule has 0 saturated heterocycles. The van der Waals surface area contributed by atoms with Gasteiger partial charge in [0.15, 0.2) is 0 Å². The van der Waals surface area contributed by atoms with Crippen LogP contribution in [0.5, 0.6) is 5.75 Å². The van der Waals surface area contributed by atoms with Crippen LogP contribution in [0.3, 0.4) is 0 Å². The third-order valence-corrected chi connectivity index (χ3v) is 14.0. The molecule has 1 aromatic rings. The van der Waals surface area contributed by atoms with E-state index in [2.05, 4.69) is 73.2 Å². The van der Waals surface area contributed by atoms with E-state index in [1.54, 1.807) is 20.9 Å². The highest BCUT2D eigenvalue weighted by atomic mass is 127. The third kappa shape index (κ3) is 11.1. The zero-order valence-corrected chi connectivity index (χ0v) is 32.3. The molecule has 0 spiro atoms. The van der Waals surface area contributed by atoms with Crippen LogP contribution >= 0.6 is 22.6 Å². The van der Waals surface area contributed by atoms with Crippen LogP contribution in [0.15, 0.2) is 29.8 Å². The summed E-state index contributed by atoms with van der Waals surface area (Å²) in [6.07, 6.45) is 3.06. The largest absolute Gasteiger partial charge is 0.543 e. The Bertz CT molecular complexity index is 1280. The highest BCUT2D eigenvalue weighted by Gasteiger charge is 2.39. The monoisotopic (exact) mass is 755 g/mol. The molecule has 0 aromatic heterocycles. The molecule has 1 heterocycles. The number of carbonyl (C=O) groups is 4. The number of nitrogens with one attached hydrogen (secondary N) is 2. The van der Waals surface area contributed by atoms with E-state index in [-0.39, 0.29) is 35.3 Å². The number of amides is 3. The average molecular weight is 756 g/mol. The first-order chi connectivity index (χ1) is 20.6. The number of benzene rings is 1. The second-order valence-electron chi connectivity index (χ2n) is 14.3. The van der Waals surface area contributed by atoms with E-state index in [0.29, 0.717) is 12.8 Å². The summed E-state index contributed by atoms with van der Waals surface area (Å²) in [5.74, 6) is -1.10. The number of halogens is 1. The quantitative estimate of drug-likeness (QED) is 0.169. The first-order valence-electron chi connectivity index (χ1n) is 15.9. The zero-order chi connectivity index (χ0) is 34.4. The van der Waals surface area contributed by atoms with Crippen LogP contribution in [0.25, 0.3) is 0 Å². The van der Waals surface area contributed by atoms with Crippen LogP contribution in [0.2, 0.25) is 18.1 Å². The lowest BCUT2D eigenvalue weighted by Crippen LogP contribution is -2.56. The predicted octanol–water partition coefficient (Wildman–Crippen LogP) is 6.00. The number of rotatable bonds is 4. The molecule has 1 aliphatic heterocycles. The van der Waals surface area contributed by atoms with Crippen LogP contribution < -0.4 is 15.1 Å². The van der Waals surface area contributed by atoms with Crippen molar-refractivity contribution in [3.8, 4) is 5.75 Å². The first-order valence-corrected chi connectivity index (χ1v) is 19.8. The van der Waals surface area contributed by atoms with E-state index in [0.717, 1.165) is 20.5 Å². The van der Waals surface area contributed by atoms with Crippen molar-refractivity contribution in [3.05, 3.63) is 39.0 Å². The minimum absolute atomic E-state index is 0.0330. The van der Waals surface area contributed by atoms with Crippen molar-refractivity contribution in [1.82, 2.24) is 15.5 Å². The number of ether oxygens (including phenoxy) is 1. The Kier molecular flexibility index (Phi) is 13.7. The van der Waals surface area contributed by atoms with Gasteiger partial charge >= 0.3 is 5.97 Å². The van der Waals surface area contributed by atoms with Gasteiger partial charge in [0.2, 0.25) is 17.7 Å². The van der Waals surface area contributed by atoms with Crippen molar-refractivity contribution in [2.24, 2.45) is 11.8 Å². The van der Waals surface area contributed by atoms with Crippen LogP contribution in [0.4, 0.5) is 0 Å². The number of hydrogen-bond donors (Lipinski definition) is 2. The Balaban J connectivity index is 2.43. The molecule has 1 aliphatic rings. The number of allylic oxidation sites excluding steroid dienone is 2. The number of hydrogen-bond acceptors (Lipinski definition) is 6. The number of esters is 1. The van der Waals surface area contributed by atoms with Crippen molar-refractivity contribution in [1.29, 1.82) is 0 Å². The van der Waals surface area contributed by atoms with Crippen molar-refractivity contribution in [2.75, 3.05) is 7.05 Å². The molecule has 0 radical (unpaired) electrons. The molecule has 2 N–H and O–H groups in total. The lowest BCUT2D eigenvalue weighted by molar-refractivity contribution is -0.153. The minimum atomic E-state index is -2.07. The van der Waals surface area contributed by atoms with Gasteiger partial charge < -0.3 is 24.7 Å². The maximum atomic E-state index is 13.7. The number of nitrogens with zero attached hydrogens (tertiary/aromatic N) is 1. The van der Waals surface area contributed by atoms with Gasteiger partial charge in [-0.25, -0.2) is 4.79 Å². The van der Waals surface area contributed by atoms with Gasteiger partial charge in [0.1, 0.15) is 23.9 Å². The minimum Gasteiger partial charge on any atom is -0.543 e. The highest BCUT2D eigenvalue weighted by molar-refractivity contribution is 14.1. The molecule has 11 heteroatoms. The molecule has 3 amide bonds. The van der Waals surface area contributed by atoms with Gasteiger partial charge in [0, 0.05) is 19.4 Å². The van der Waals surface area contributed by atoms with Crippen molar-refractivity contribution in [2.45, 2.75) is 124 Å². The zero-order valence-electron chi connectivity index (χ0n) is 29.2. The Labute approximate surface area is 284 Å². The van der Waals surface area contributed by atoms with Crippen LogP contribution in [0.1, 0.15) is 80.7 Å². The first kappa shape index (κ1) is 38.8. The fraction of sp³-hybridized carbons (Fsp3) is 0.647. The third-order valence-electron chi connectivity index (χ3n) is 8.82. The van der Waals surface area contributed by atoms with Crippen molar-refractivity contribution in [3.63, 3.8) is 0 Å². The molecular weight excluding hydrogens is 701 g/mol. The van der Waals surface area contributed by atoms with E-state index >= 15 is 0 Å². The molecule has 1 aromatic carbocycles. The average Bonchev–Trinajstić information content (AvgIpc) is 2.90. The Morgan fingerprint density at radius 3 is 2.18 bits per heavy atom. The summed E-state index contributed by atoms with van der Waals surface area (Å²) < 4.78 is 13.1. The van der Waals surface area contributed by atoms with Gasteiger partial charge in [0.05, 0.1) is 9.67 Å². The molecule has 0 bridgehead atoms. The predicted molar refractivity (Wildman–Crippen MR) is 189 cm³/mol. The van der Waals surface area contributed by atoms with E-state index in [9.17, 15) is 19.2 Å². The summed E-state index contributed by atoms with van der Waals surface area (Å²) in [5, 5.41) is 5.64. The lowest BCUT2D eigenvalue weighted by Gasteiger charge is -2.36. The summed E-state index contributed by atoms with van der Waals surface area (Å²) in [7, 11) is -0.516. The molecule has 0 unspecified atom stereocenters. The fourth-order valence-corrected chi connectivity index (χ4v) is 7.06. The number of likely N-dealkylation sites (N-methyl/N-ethyl adjacent to an activating group) is 1. The second-order valence-corrected chi connectivity index (χ2v) is 20.2. The lowest BCUT2D eigenvalue weighted by atomic mass is 9.95. The molecule has 45 heavy (non-hydrogen) atoms.